The van der Waals surface area contributed by atoms with Gasteiger partial charge in [-0.2, -0.15) is 10.5 Å². The molecule has 3 amide bonds. The maximum Gasteiger partial charge on any atom is 0.232 e. The second kappa shape index (κ2) is 17.1. The topological polar surface area (TPSA) is 143 Å². The lowest BCUT2D eigenvalue weighted by Crippen LogP contribution is -2.36. The molecule has 0 bridgehead atoms. The standard InChI is InChI=1S/C13H20N2O.C13H16N2O.C12H14N2O/c2*1-13(2,3)12(16)15(4)11-7-5-10(9-14)6-8-11;1-12(2,3)11(15)14-10-6-4-9(8-13)5-7-10/h5-8H,9,14H2,1-4H3;5-8H,1-4H3;4-7H,1-3H3,(H,14,15). The Kier molecular flexibility index (Phi) is 14.5. The van der Waals surface area contributed by atoms with E-state index >= 15 is 0 Å². The Morgan fingerprint density at radius 1 is 0.617 bits per heavy atom. The van der Waals surface area contributed by atoms with Crippen molar-refractivity contribution < 1.29 is 14.4 Å². The second-order valence-electron chi connectivity index (χ2n) is 14.2. The number of nitrogens with zero attached hydrogens (tertiary/aromatic N) is 4. The van der Waals surface area contributed by atoms with E-state index in [-0.39, 0.29) is 23.1 Å². The van der Waals surface area contributed by atoms with Crippen molar-refractivity contribution >= 4 is 34.8 Å². The first-order valence-corrected chi connectivity index (χ1v) is 15.3. The summed E-state index contributed by atoms with van der Waals surface area (Å²) in [7, 11) is 3.54. The van der Waals surface area contributed by atoms with Crippen molar-refractivity contribution in [1.82, 2.24) is 0 Å². The molecule has 3 N–H and O–H groups in total. The number of benzene rings is 3. The molecule has 250 valence electrons. The Balaban J connectivity index is 0.000000353. The van der Waals surface area contributed by atoms with Gasteiger partial charge in [0.1, 0.15) is 0 Å². The third-order valence-electron chi connectivity index (χ3n) is 6.79. The van der Waals surface area contributed by atoms with Crippen molar-refractivity contribution in [2.24, 2.45) is 22.0 Å². The molecule has 0 saturated heterocycles. The zero-order chi connectivity index (χ0) is 36.2. The zero-order valence-corrected chi connectivity index (χ0v) is 29.7. The summed E-state index contributed by atoms with van der Waals surface area (Å²) in [5.41, 5.74) is 9.03. The van der Waals surface area contributed by atoms with Crippen LogP contribution in [0.2, 0.25) is 0 Å². The van der Waals surface area contributed by atoms with Gasteiger partial charge in [-0.3, -0.25) is 14.4 Å². The van der Waals surface area contributed by atoms with Crippen LogP contribution in [0.1, 0.15) is 79.0 Å². The first kappa shape index (κ1) is 40.0. The van der Waals surface area contributed by atoms with Crippen molar-refractivity contribution in [2.75, 3.05) is 29.2 Å². The lowest BCUT2D eigenvalue weighted by molar-refractivity contribution is -0.126. The van der Waals surface area contributed by atoms with Gasteiger partial charge in [-0.25, -0.2) is 0 Å². The molecule has 0 aliphatic rings. The molecule has 9 heteroatoms. The minimum absolute atomic E-state index is 0.0350. The fraction of sp³-hybridized carbons (Fsp3) is 0.395. The summed E-state index contributed by atoms with van der Waals surface area (Å²) in [5.74, 6) is 0.123. The van der Waals surface area contributed by atoms with Gasteiger partial charge in [0.05, 0.1) is 23.3 Å². The first-order valence-electron chi connectivity index (χ1n) is 15.3. The molecular weight excluding hydrogens is 588 g/mol. The SMILES string of the molecule is CC(C)(C)C(=O)Nc1ccc(C#N)cc1.CN(C(=O)C(C)(C)C)c1ccc(C#N)cc1.CN(C(=O)C(C)(C)C)c1ccc(CN)cc1. The molecule has 0 aliphatic carbocycles. The van der Waals surface area contributed by atoms with Crippen LogP contribution in [0, 0.1) is 38.9 Å². The molecule has 3 aromatic rings. The number of amides is 3. The summed E-state index contributed by atoms with van der Waals surface area (Å²) in [6.07, 6.45) is 0. The van der Waals surface area contributed by atoms with Gasteiger partial charge in [-0.1, -0.05) is 74.4 Å². The predicted octanol–water partition coefficient (Wildman–Crippen LogP) is 7.26. The first-order chi connectivity index (χ1) is 21.6. The Morgan fingerprint density at radius 3 is 1.26 bits per heavy atom. The molecule has 0 aromatic heterocycles. The minimum atomic E-state index is -0.409. The van der Waals surface area contributed by atoms with Crippen LogP contribution in [0.15, 0.2) is 72.8 Å². The highest BCUT2D eigenvalue weighted by Gasteiger charge is 2.26. The van der Waals surface area contributed by atoms with Crippen molar-refractivity contribution in [2.45, 2.75) is 68.9 Å². The van der Waals surface area contributed by atoms with Crippen molar-refractivity contribution in [1.29, 1.82) is 10.5 Å². The van der Waals surface area contributed by atoms with E-state index in [0.29, 0.717) is 23.4 Å². The summed E-state index contributed by atoms with van der Waals surface area (Å²) in [6, 6.07) is 25.6. The van der Waals surface area contributed by atoms with E-state index in [0.717, 1.165) is 16.9 Å². The second-order valence-corrected chi connectivity index (χ2v) is 14.2. The molecule has 3 rings (SSSR count). The lowest BCUT2D eigenvalue weighted by atomic mass is 9.94. The largest absolute Gasteiger partial charge is 0.326 e. The van der Waals surface area contributed by atoms with Gasteiger partial charge < -0.3 is 20.9 Å². The number of carbonyl (C=O) groups is 3. The van der Waals surface area contributed by atoms with E-state index in [1.807, 2.05) is 98.7 Å². The van der Waals surface area contributed by atoms with E-state index in [9.17, 15) is 14.4 Å². The van der Waals surface area contributed by atoms with E-state index in [1.165, 1.54) is 0 Å². The highest BCUT2D eigenvalue weighted by atomic mass is 16.2. The number of nitrogens with one attached hydrogen (secondary N) is 1. The smallest absolute Gasteiger partial charge is 0.232 e. The number of hydrogen-bond donors (Lipinski definition) is 2. The van der Waals surface area contributed by atoms with E-state index in [4.69, 9.17) is 16.3 Å². The van der Waals surface area contributed by atoms with Crippen LogP contribution in [-0.4, -0.2) is 31.8 Å². The molecule has 0 fully saturated rings. The Hall–Kier alpha value is -4.99. The number of hydrogen-bond acceptors (Lipinski definition) is 6. The van der Waals surface area contributed by atoms with Gasteiger partial charge in [0.25, 0.3) is 0 Å². The maximum absolute atomic E-state index is 12.0. The number of anilines is 3. The summed E-state index contributed by atoms with van der Waals surface area (Å²) >= 11 is 0. The fourth-order valence-corrected chi connectivity index (χ4v) is 3.80. The molecule has 0 spiro atoms. The summed E-state index contributed by atoms with van der Waals surface area (Å²) in [6.45, 7) is 17.5. The summed E-state index contributed by atoms with van der Waals surface area (Å²) < 4.78 is 0. The normalized spacial score (nSPS) is 10.9. The van der Waals surface area contributed by atoms with Gasteiger partial charge in [-0.15, -0.1) is 0 Å². The van der Waals surface area contributed by atoms with Crippen LogP contribution in [-0.2, 0) is 20.9 Å². The molecule has 0 saturated carbocycles. The van der Waals surface area contributed by atoms with Crippen LogP contribution < -0.4 is 20.9 Å². The third kappa shape index (κ3) is 13.1. The fourth-order valence-electron chi connectivity index (χ4n) is 3.80. The van der Waals surface area contributed by atoms with Gasteiger partial charge >= 0.3 is 0 Å². The highest BCUT2D eigenvalue weighted by molar-refractivity contribution is 5.97. The molecule has 3 aromatic carbocycles. The molecule has 0 heterocycles. The summed E-state index contributed by atoms with van der Waals surface area (Å²) in [5, 5.41) is 20.1. The quantitative estimate of drug-likeness (QED) is 0.308. The van der Waals surface area contributed by atoms with Crippen molar-refractivity contribution in [3.05, 3.63) is 89.5 Å². The number of carbonyl (C=O) groups excluding carboxylic acids is 3. The highest BCUT2D eigenvalue weighted by Crippen LogP contribution is 2.23. The Labute approximate surface area is 281 Å². The van der Waals surface area contributed by atoms with Gasteiger partial charge in [0.2, 0.25) is 17.7 Å². The van der Waals surface area contributed by atoms with Gasteiger partial charge in [0.15, 0.2) is 0 Å². The molecule has 9 nitrogen and oxygen atoms in total. The van der Waals surface area contributed by atoms with Gasteiger partial charge in [-0.05, 0) is 66.2 Å². The number of rotatable bonds is 4. The van der Waals surface area contributed by atoms with Crippen molar-refractivity contribution in [3.63, 3.8) is 0 Å². The Morgan fingerprint density at radius 2 is 0.957 bits per heavy atom. The molecule has 0 aliphatic heterocycles. The van der Waals surface area contributed by atoms with Crippen LogP contribution in [0.3, 0.4) is 0 Å². The predicted molar refractivity (Wildman–Crippen MR) is 190 cm³/mol. The van der Waals surface area contributed by atoms with Crippen LogP contribution in [0.5, 0.6) is 0 Å². The molecule has 0 atom stereocenters. The number of nitriles is 2. The average molecular weight is 639 g/mol. The van der Waals surface area contributed by atoms with E-state index in [2.05, 4.69) is 5.32 Å². The maximum atomic E-state index is 12.0. The molecule has 0 unspecified atom stereocenters. The molecular formula is C38H50N6O3. The average Bonchev–Trinajstić information content (AvgIpc) is 3.03. The number of nitrogens with two attached hydrogens (primary N) is 1. The van der Waals surface area contributed by atoms with Crippen LogP contribution in [0.25, 0.3) is 0 Å². The zero-order valence-electron chi connectivity index (χ0n) is 29.7. The molecule has 0 radical (unpaired) electrons. The monoisotopic (exact) mass is 638 g/mol. The van der Waals surface area contributed by atoms with E-state index in [1.54, 1.807) is 72.4 Å². The van der Waals surface area contributed by atoms with Crippen LogP contribution >= 0.6 is 0 Å². The van der Waals surface area contributed by atoms with E-state index < -0.39 is 10.8 Å². The Bertz CT molecular complexity index is 1560. The summed E-state index contributed by atoms with van der Waals surface area (Å²) in [4.78, 5) is 38.9. The minimum Gasteiger partial charge on any atom is -0.326 e. The van der Waals surface area contributed by atoms with Crippen LogP contribution in [0.4, 0.5) is 17.1 Å². The molecule has 47 heavy (non-hydrogen) atoms. The van der Waals surface area contributed by atoms with Crippen molar-refractivity contribution in [3.8, 4) is 12.1 Å². The third-order valence-corrected chi connectivity index (χ3v) is 6.79. The lowest BCUT2D eigenvalue weighted by Gasteiger charge is -2.26. The van der Waals surface area contributed by atoms with Gasteiger partial charge in [0, 0.05) is 53.9 Å².